The van der Waals surface area contributed by atoms with E-state index in [9.17, 15) is 9.59 Å². The van der Waals surface area contributed by atoms with Crippen molar-refractivity contribution >= 4 is 27.5 Å². The largest absolute Gasteiger partial charge is 0.495 e. The van der Waals surface area contributed by atoms with Gasteiger partial charge >= 0.3 is 0 Å². The first-order chi connectivity index (χ1) is 15.0. The predicted molar refractivity (Wildman–Crippen MR) is 123 cm³/mol. The van der Waals surface area contributed by atoms with Crippen molar-refractivity contribution in [3.63, 3.8) is 0 Å². The molecule has 1 fully saturated rings. The molecular formula is C23H23BrN4O3. The van der Waals surface area contributed by atoms with Crippen LogP contribution in [0.15, 0.2) is 69.9 Å². The molecule has 7 nitrogen and oxygen atoms in total. The number of ether oxygens (including phenoxy) is 1. The second-order valence-electron chi connectivity index (χ2n) is 7.26. The lowest BCUT2D eigenvalue weighted by Crippen LogP contribution is -2.50. The summed E-state index contributed by atoms with van der Waals surface area (Å²) in [6, 6.07) is 18.7. The highest BCUT2D eigenvalue weighted by Crippen LogP contribution is 2.28. The van der Waals surface area contributed by atoms with Crippen LogP contribution >= 0.6 is 15.9 Å². The lowest BCUT2D eigenvalue weighted by molar-refractivity contribution is -0.132. The standard InChI is InChI=1S/C23H23BrN4O3/c1-31-21-5-3-2-4-20(21)26-12-14-27(15-13-26)23(30)16-28-22(29)11-10-19(25-28)17-6-8-18(24)9-7-17/h2-11H,12-16H2,1H3. The van der Waals surface area contributed by atoms with Gasteiger partial charge in [0.15, 0.2) is 0 Å². The molecule has 1 aliphatic heterocycles. The van der Waals surface area contributed by atoms with E-state index >= 15 is 0 Å². The molecule has 0 spiro atoms. The van der Waals surface area contributed by atoms with Crippen LogP contribution in [-0.2, 0) is 11.3 Å². The first kappa shape index (κ1) is 21.1. The Morgan fingerprint density at radius 3 is 2.42 bits per heavy atom. The number of anilines is 1. The number of carbonyl (C=O) groups is 1. The van der Waals surface area contributed by atoms with Crippen molar-refractivity contribution in [2.45, 2.75) is 6.54 Å². The van der Waals surface area contributed by atoms with E-state index in [0.717, 1.165) is 21.5 Å². The van der Waals surface area contributed by atoms with Crippen molar-refractivity contribution in [1.29, 1.82) is 0 Å². The van der Waals surface area contributed by atoms with Crippen molar-refractivity contribution in [2.75, 3.05) is 38.2 Å². The first-order valence-electron chi connectivity index (χ1n) is 10.0. The predicted octanol–water partition coefficient (Wildman–Crippen LogP) is 3.03. The summed E-state index contributed by atoms with van der Waals surface area (Å²) in [6.07, 6.45) is 0. The van der Waals surface area contributed by atoms with Crippen LogP contribution in [0.3, 0.4) is 0 Å². The molecule has 1 amide bonds. The molecule has 0 bridgehead atoms. The summed E-state index contributed by atoms with van der Waals surface area (Å²) < 4.78 is 7.66. The average molecular weight is 483 g/mol. The van der Waals surface area contributed by atoms with Crippen molar-refractivity contribution in [3.05, 3.63) is 75.5 Å². The minimum atomic E-state index is -0.290. The molecule has 8 heteroatoms. The van der Waals surface area contributed by atoms with Gasteiger partial charge in [0.2, 0.25) is 5.91 Å². The van der Waals surface area contributed by atoms with Gasteiger partial charge in [-0.25, -0.2) is 4.68 Å². The quantitative estimate of drug-likeness (QED) is 0.558. The van der Waals surface area contributed by atoms with Crippen LogP contribution in [0.4, 0.5) is 5.69 Å². The fourth-order valence-corrected chi connectivity index (χ4v) is 3.92. The summed E-state index contributed by atoms with van der Waals surface area (Å²) in [5, 5.41) is 4.41. The second kappa shape index (κ2) is 9.34. The molecule has 0 saturated carbocycles. The number of aromatic nitrogens is 2. The first-order valence-corrected chi connectivity index (χ1v) is 10.8. The summed E-state index contributed by atoms with van der Waals surface area (Å²) in [6.45, 7) is 2.49. The summed E-state index contributed by atoms with van der Waals surface area (Å²) in [4.78, 5) is 29.1. The highest BCUT2D eigenvalue weighted by atomic mass is 79.9. The lowest BCUT2D eigenvalue weighted by Gasteiger charge is -2.36. The van der Waals surface area contributed by atoms with E-state index in [1.807, 2.05) is 48.5 Å². The topological polar surface area (TPSA) is 67.7 Å². The van der Waals surface area contributed by atoms with Crippen LogP contribution in [0.5, 0.6) is 5.75 Å². The Labute approximate surface area is 189 Å². The fraction of sp³-hybridized carbons (Fsp3) is 0.261. The lowest BCUT2D eigenvalue weighted by atomic mass is 10.1. The Morgan fingerprint density at radius 1 is 1.00 bits per heavy atom. The van der Waals surface area contributed by atoms with E-state index < -0.39 is 0 Å². The Kier molecular flexibility index (Phi) is 6.36. The number of hydrogen-bond acceptors (Lipinski definition) is 5. The Bertz CT molecular complexity index is 1120. The molecule has 31 heavy (non-hydrogen) atoms. The van der Waals surface area contributed by atoms with Crippen molar-refractivity contribution < 1.29 is 9.53 Å². The van der Waals surface area contributed by atoms with Gasteiger partial charge in [0.25, 0.3) is 5.56 Å². The SMILES string of the molecule is COc1ccccc1N1CCN(C(=O)Cn2nc(-c3ccc(Br)cc3)ccc2=O)CC1. The van der Waals surface area contributed by atoms with Gasteiger partial charge in [-0.05, 0) is 30.3 Å². The molecule has 2 heterocycles. The molecule has 3 aromatic rings. The van der Waals surface area contributed by atoms with Gasteiger partial charge in [-0.1, -0.05) is 40.2 Å². The monoisotopic (exact) mass is 482 g/mol. The van der Waals surface area contributed by atoms with Crippen molar-refractivity contribution in [1.82, 2.24) is 14.7 Å². The molecule has 0 radical (unpaired) electrons. The van der Waals surface area contributed by atoms with Gasteiger partial charge in [-0.2, -0.15) is 5.10 Å². The summed E-state index contributed by atoms with van der Waals surface area (Å²) in [5.74, 6) is 0.713. The molecule has 1 saturated heterocycles. The minimum absolute atomic E-state index is 0.0716. The third kappa shape index (κ3) is 4.80. The molecular weight excluding hydrogens is 460 g/mol. The third-order valence-corrected chi connectivity index (χ3v) is 5.88. The molecule has 1 aromatic heterocycles. The van der Waals surface area contributed by atoms with E-state index in [1.54, 1.807) is 18.1 Å². The third-order valence-electron chi connectivity index (χ3n) is 5.35. The van der Waals surface area contributed by atoms with Gasteiger partial charge in [-0.3, -0.25) is 9.59 Å². The van der Waals surface area contributed by atoms with Crippen LogP contribution < -0.4 is 15.2 Å². The number of rotatable bonds is 5. The minimum Gasteiger partial charge on any atom is -0.495 e. The highest BCUT2D eigenvalue weighted by molar-refractivity contribution is 9.10. The van der Waals surface area contributed by atoms with Gasteiger partial charge < -0.3 is 14.5 Å². The molecule has 0 aliphatic carbocycles. The number of hydrogen-bond donors (Lipinski definition) is 0. The molecule has 160 valence electrons. The van der Waals surface area contributed by atoms with Crippen LogP contribution in [0.1, 0.15) is 0 Å². The Hall–Kier alpha value is -3.13. The number of piperazine rings is 1. The van der Waals surface area contributed by atoms with Gasteiger partial charge in [-0.15, -0.1) is 0 Å². The van der Waals surface area contributed by atoms with E-state index in [2.05, 4.69) is 25.9 Å². The second-order valence-corrected chi connectivity index (χ2v) is 8.18. The molecule has 0 unspecified atom stereocenters. The zero-order chi connectivity index (χ0) is 21.8. The molecule has 4 rings (SSSR count). The van der Waals surface area contributed by atoms with Gasteiger partial charge in [0.1, 0.15) is 12.3 Å². The fourth-order valence-electron chi connectivity index (χ4n) is 3.65. The van der Waals surface area contributed by atoms with E-state index in [1.165, 1.54) is 10.7 Å². The number of para-hydroxylation sites is 2. The number of methoxy groups -OCH3 is 1. The van der Waals surface area contributed by atoms with Crippen molar-refractivity contribution in [3.8, 4) is 17.0 Å². The molecule has 0 N–H and O–H groups in total. The number of carbonyl (C=O) groups excluding carboxylic acids is 1. The number of nitrogens with zero attached hydrogens (tertiary/aromatic N) is 4. The van der Waals surface area contributed by atoms with E-state index in [4.69, 9.17) is 4.74 Å². The van der Waals surface area contributed by atoms with Crippen LogP contribution in [-0.4, -0.2) is 53.9 Å². The number of amides is 1. The number of benzene rings is 2. The normalized spacial score (nSPS) is 13.9. The maximum absolute atomic E-state index is 12.9. The maximum atomic E-state index is 12.9. The maximum Gasteiger partial charge on any atom is 0.267 e. The van der Waals surface area contributed by atoms with Crippen molar-refractivity contribution in [2.24, 2.45) is 0 Å². The molecule has 0 atom stereocenters. The average Bonchev–Trinajstić information content (AvgIpc) is 2.81. The van der Waals surface area contributed by atoms with Crippen LogP contribution in [0.25, 0.3) is 11.3 Å². The Morgan fingerprint density at radius 2 is 1.71 bits per heavy atom. The zero-order valence-corrected chi connectivity index (χ0v) is 18.8. The summed E-state index contributed by atoms with van der Waals surface area (Å²) in [5.41, 5.74) is 2.27. The smallest absolute Gasteiger partial charge is 0.267 e. The molecule has 2 aromatic carbocycles. The summed E-state index contributed by atoms with van der Waals surface area (Å²) >= 11 is 3.41. The summed E-state index contributed by atoms with van der Waals surface area (Å²) in [7, 11) is 1.66. The van der Waals surface area contributed by atoms with Crippen LogP contribution in [0, 0.1) is 0 Å². The van der Waals surface area contributed by atoms with Crippen LogP contribution in [0.2, 0.25) is 0 Å². The van der Waals surface area contributed by atoms with E-state index in [0.29, 0.717) is 31.9 Å². The van der Waals surface area contributed by atoms with E-state index in [-0.39, 0.29) is 18.0 Å². The van der Waals surface area contributed by atoms with Gasteiger partial charge in [0, 0.05) is 42.3 Å². The molecule has 1 aliphatic rings. The zero-order valence-electron chi connectivity index (χ0n) is 17.2. The number of halogens is 1. The van der Waals surface area contributed by atoms with Gasteiger partial charge in [0.05, 0.1) is 18.5 Å². The highest BCUT2D eigenvalue weighted by Gasteiger charge is 2.23. The Balaban J connectivity index is 1.43.